The lowest BCUT2D eigenvalue weighted by atomic mass is 10.1. The second kappa shape index (κ2) is 5.06. The zero-order valence-corrected chi connectivity index (χ0v) is 9.81. The fourth-order valence-corrected chi connectivity index (χ4v) is 2.12. The van der Waals surface area contributed by atoms with Crippen LogP contribution in [0.15, 0.2) is 18.2 Å². The van der Waals surface area contributed by atoms with Crippen LogP contribution in [0.2, 0.25) is 10.0 Å². The molecule has 0 radical (unpaired) electrons. The molecule has 1 aromatic carbocycles. The SMILES string of the molecule is Clc1ccc(O[C@@H]2CCCNC2)c(Cl)c1. The predicted octanol–water partition coefficient (Wildman–Crippen LogP) is 3.12. The molecule has 1 atom stereocenters. The number of ether oxygens (including phenoxy) is 1. The summed E-state index contributed by atoms with van der Waals surface area (Å²) in [6.07, 6.45) is 2.44. The highest BCUT2D eigenvalue weighted by Crippen LogP contribution is 2.29. The molecular weight excluding hydrogens is 233 g/mol. The van der Waals surface area contributed by atoms with Crippen molar-refractivity contribution in [1.29, 1.82) is 0 Å². The van der Waals surface area contributed by atoms with Gasteiger partial charge in [0, 0.05) is 11.6 Å². The molecule has 4 heteroatoms. The summed E-state index contributed by atoms with van der Waals surface area (Å²) in [7, 11) is 0. The van der Waals surface area contributed by atoms with Crippen molar-refractivity contribution in [2.45, 2.75) is 18.9 Å². The number of piperidine rings is 1. The van der Waals surface area contributed by atoms with E-state index in [-0.39, 0.29) is 6.10 Å². The van der Waals surface area contributed by atoms with E-state index in [0.717, 1.165) is 31.7 Å². The van der Waals surface area contributed by atoms with E-state index in [4.69, 9.17) is 27.9 Å². The normalized spacial score (nSPS) is 21.3. The molecule has 2 rings (SSSR count). The maximum absolute atomic E-state index is 6.02. The molecule has 2 nitrogen and oxygen atoms in total. The topological polar surface area (TPSA) is 21.3 Å². The first-order chi connectivity index (χ1) is 7.25. The Kier molecular flexibility index (Phi) is 3.73. The van der Waals surface area contributed by atoms with Crippen molar-refractivity contribution >= 4 is 23.2 Å². The van der Waals surface area contributed by atoms with E-state index in [2.05, 4.69) is 5.32 Å². The van der Waals surface area contributed by atoms with E-state index >= 15 is 0 Å². The van der Waals surface area contributed by atoms with Gasteiger partial charge in [-0.15, -0.1) is 0 Å². The average Bonchev–Trinajstić information content (AvgIpc) is 2.24. The summed E-state index contributed by atoms with van der Waals surface area (Å²) in [4.78, 5) is 0. The minimum Gasteiger partial charge on any atom is -0.488 e. The molecule has 1 fully saturated rings. The number of benzene rings is 1. The zero-order chi connectivity index (χ0) is 10.7. The van der Waals surface area contributed by atoms with Crippen molar-refractivity contribution in [3.63, 3.8) is 0 Å². The third kappa shape index (κ3) is 3.00. The van der Waals surface area contributed by atoms with E-state index < -0.39 is 0 Å². The van der Waals surface area contributed by atoms with Gasteiger partial charge in [-0.3, -0.25) is 0 Å². The quantitative estimate of drug-likeness (QED) is 0.865. The lowest BCUT2D eigenvalue weighted by Gasteiger charge is -2.24. The molecule has 1 aliphatic rings. The summed E-state index contributed by atoms with van der Waals surface area (Å²) in [6.45, 7) is 1.97. The van der Waals surface area contributed by atoms with Crippen LogP contribution in [0.3, 0.4) is 0 Å². The Morgan fingerprint density at radius 2 is 2.20 bits per heavy atom. The largest absolute Gasteiger partial charge is 0.488 e. The molecule has 0 unspecified atom stereocenters. The molecule has 0 bridgehead atoms. The summed E-state index contributed by atoms with van der Waals surface area (Å²) >= 11 is 11.8. The standard InChI is InChI=1S/C11H13Cl2NO/c12-8-3-4-11(10(13)6-8)15-9-2-1-5-14-7-9/h3-4,6,9,14H,1-2,5,7H2/t9-/m1/s1. The van der Waals surface area contributed by atoms with Crippen LogP contribution in [0.25, 0.3) is 0 Å². The van der Waals surface area contributed by atoms with E-state index in [0.29, 0.717) is 10.0 Å². The highest BCUT2D eigenvalue weighted by Gasteiger charge is 2.15. The summed E-state index contributed by atoms with van der Waals surface area (Å²) in [5, 5.41) is 4.50. The van der Waals surface area contributed by atoms with Crippen molar-refractivity contribution in [3.8, 4) is 5.75 Å². The lowest BCUT2D eigenvalue weighted by molar-refractivity contribution is 0.167. The van der Waals surface area contributed by atoms with Crippen LogP contribution in [0.5, 0.6) is 5.75 Å². The summed E-state index contributed by atoms with van der Waals surface area (Å²) in [6, 6.07) is 5.31. The van der Waals surface area contributed by atoms with E-state index in [9.17, 15) is 0 Å². The Hall–Kier alpha value is -0.440. The average molecular weight is 246 g/mol. The smallest absolute Gasteiger partial charge is 0.138 e. The fraction of sp³-hybridized carbons (Fsp3) is 0.455. The fourth-order valence-electron chi connectivity index (χ4n) is 1.67. The van der Waals surface area contributed by atoms with Crippen LogP contribution in [0.1, 0.15) is 12.8 Å². The monoisotopic (exact) mass is 245 g/mol. The first kappa shape index (κ1) is 11.1. The van der Waals surface area contributed by atoms with Gasteiger partial charge >= 0.3 is 0 Å². The summed E-state index contributed by atoms with van der Waals surface area (Å²) in [5.41, 5.74) is 0. The van der Waals surface area contributed by atoms with Crippen molar-refractivity contribution < 1.29 is 4.74 Å². The number of nitrogens with one attached hydrogen (secondary N) is 1. The van der Waals surface area contributed by atoms with Gasteiger partial charge in [0.05, 0.1) is 5.02 Å². The van der Waals surface area contributed by atoms with Gasteiger partial charge in [0.25, 0.3) is 0 Å². The van der Waals surface area contributed by atoms with Gasteiger partial charge in [-0.25, -0.2) is 0 Å². The zero-order valence-electron chi connectivity index (χ0n) is 8.30. The number of hydrogen-bond donors (Lipinski definition) is 1. The van der Waals surface area contributed by atoms with Crippen molar-refractivity contribution in [1.82, 2.24) is 5.32 Å². The third-order valence-corrected chi connectivity index (χ3v) is 2.97. The number of hydrogen-bond acceptors (Lipinski definition) is 2. The van der Waals surface area contributed by atoms with Crippen molar-refractivity contribution in [2.24, 2.45) is 0 Å². The van der Waals surface area contributed by atoms with Crippen LogP contribution in [-0.4, -0.2) is 19.2 Å². The Morgan fingerprint density at radius 1 is 1.33 bits per heavy atom. The highest BCUT2D eigenvalue weighted by atomic mass is 35.5. The third-order valence-electron chi connectivity index (χ3n) is 2.44. The highest BCUT2D eigenvalue weighted by molar-refractivity contribution is 6.35. The van der Waals surface area contributed by atoms with Crippen LogP contribution >= 0.6 is 23.2 Å². The first-order valence-electron chi connectivity index (χ1n) is 5.08. The number of rotatable bonds is 2. The number of halogens is 2. The van der Waals surface area contributed by atoms with Crippen LogP contribution in [-0.2, 0) is 0 Å². The molecule has 0 amide bonds. The molecule has 1 N–H and O–H groups in total. The second-order valence-electron chi connectivity index (χ2n) is 3.66. The van der Waals surface area contributed by atoms with Gasteiger partial charge in [0.2, 0.25) is 0 Å². The first-order valence-corrected chi connectivity index (χ1v) is 5.84. The summed E-state index contributed by atoms with van der Waals surface area (Å²) < 4.78 is 5.79. The van der Waals surface area contributed by atoms with Gasteiger partial charge in [-0.2, -0.15) is 0 Å². The second-order valence-corrected chi connectivity index (χ2v) is 4.50. The Labute approximate surface area is 99.5 Å². The molecule has 1 aliphatic heterocycles. The molecule has 0 spiro atoms. The van der Waals surface area contributed by atoms with Crippen LogP contribution in [0.4, 0.5) is 0 Å². The molecule has 15 heavy (non-hydrogen) atoms. The predicted molar refractivity (Wildman–Crippen MR) is 63.0 cm³/mol. The molecule has 0 aliphatic carbocycles. The van der Waals surface area contributed by atoms with E-state index in [1.54, 1.807) is 12.1 Å². The maximum atomic E-state index is 6.02. The van der Waals surface area contributed by atoms with Gasteiger partial charge < -0.3 is 10.1 Å². The van der Waals surface area contributed by atoms with Crippen molar-refractivity contribution in [3.05, 3.63) is 28.2 Å². The Balaban J connectivity index is 2.03. The van der Waals surface area contributed by atoms with Gasteiger partial charge in [-0.05, 0) is 37.6 Å². The molecule has 1 heterocycles. The minimum atomic E-state index is 0.220. The Bertz CT molecular complexity index is 337. The Morgan fingerprint density at radius 3 is 2.87 bits per heavy atom. The maximum Gasteiger partial charge on any atom is 0.138 e. The molecular formula is C11H13Cl2NO. The molecule has 0 aromatic heterocycles. The van der Waals surface area contributed by atoms with Gasteiger partial charge in [0.15, 0.2) is 0 Å². The molecule has 0 saturated carbocycles. The molecule has 82 valence electrons. The van der Waals surface area contributed by atoms with E-state index in [1.165, 1.54) is 0 Å². The van der Waals surface area contributed by atoms with E-state index in [1.807, 2.05) is 6.07 Å². The minimum absolute atomic E-state index is 0.220. The molecule has 1 saturated heterocycles. The van der Waals surface area contributed by atoms with Gasteiger partial charge in [-0.1, -0.05) is 23.2 Å². The van der Waals surface area contributed by atoms with Crippen LogP contribution in [0, 0.1) is 0 Å². The van der Waals surface area contributed by atoms with Crippen LogP contribution < -0.4 is 10.1 Å². The summed E-state index contributed by atoms with van der Waals surface area (Å²) in [5.74, 6) is 0.717. The lowest BCUT2D eigenvalue weighted by Crippen LogP contribution is -2.37. The molecule has 1 aromatic rings. The van der Waals surface area contributed by atoms with Gasteiger partial charge in [0.1, 0.15) is 11.9 Å². The van der Waals surface area contributed by atoms with Crippen molar-refractivity contribution in [2.75, 3.05) is 13.1 Å².